The van der Waals surface area contributed by atoms with Crippen LogP contribution in [0.15, 0.2) is 41.3 Å². The van der Waals surface area contributed by atoms with Crippen LogP contribution in [0.25, 0.3) is 6.08 Å². The van der Waals surface area contributed by atoms with Gasteiger partial charge in [0.05, 0.1) is 11.5 Å². The molecule has 0 aromatic heterocycles. The number of hydrogen-bond donors (Lipinski definition) is 0. The van der Waals surface area contributed by atoms with Gasteiger partial charge in [-0.1, -0.05) is 35.3 Å². The first kappa shape index (κ1) is 26.4. The lowest BCUT2D eigenvalue weighted by Crippen LogP contribution is -2.44. The van der Waals surface area contributed by atoms with Gasteiger partial charge in [-0.3, -0.25) is 19.3 Å². The van der Waals surface area contributed by atoms with Crippen LogP contribution >= 0.6 is 35.0 Å². The van der Waals surface area contributed by atoms with Gasteiger partial charge in [-0.2, -0.15) is 0 Å². The molecular weight excluding hydrogens is 523 g/mol. The predicted molar refractivity (Wildman–Crippen MR) is 142 cm³/mol. The molecule has 0 spiro atoms. The zero-order valence-corrected chi connectivity index (χ0v) is 22.1. The molecule has 0 aliphatic carbocycles. The number of ether oxygens (including phenoxy) is 2. The average molecular weight is 549 g/mol. The van der Waals surface area contributed by atoms with E-state index in [2.05, 4.69) is 0 Å². The maximum Gasteiger partial charge on any atom is 0.294 e. The molecule has 7 nitrogen and oxygen atoms in total. The first-order valence-corrected chi connectivity index (χ1v) is 13.3. The molecule has 2 aromatic rings. The van der Waals surface area contributed by atoms with Crippen molar-refractivity contribution in [1.82, 2.24) is 9.80 Å². The van der Waals surface area contributed by atoms with E-state index < -0.39 is 11.1 Å². The summed E-state index contributed by atoms with van der Waals surface area (Å²) in [5.74, 6) is 0.348. The maximum atomic E-state index is 12.9. The van der Waals surface area contributed by atoms with Crippen molar-refractivity contribution < 1.29 is 23.9 Å². The summed E-state index contributed by atoms with van der Waals surface area (Å²) in [6.07, 6.45) is 4.61. The van der Waals surface area contributed by atoms with E-state index in [0.29, 0.717) is 46.8 Å². The number of hydrogen-bond acceptors (Lipinski definition) is 6. The van der Waals surface area contributed by atoms with Crippen LogP contribution in [0.4, 0.5) is 4.79 Å². The molecule has 0 N–H and O–H groups in total. The van der Waals surface area contributed by atoms with Crippen molar-refractivity contribution in [3.8, 4) is 11.5 Å². The molecule has 2 fully saturated rings. The van der Waals surface area contributed by atoms with Gasteiger partial charge in [-0.15, -0.1) is 0 Å². The Morgan fingerprint density at radius 3 is 2.53 bits per heavy atom. The molecule has 0 radical (unpaired) electrons. The summed E-state index contributed by atoms with van der Waals surface area (Å²) in [7, 11) is 0. The molecule has 2 heterocycles. The second-order valence-corrected chi connectivity index (χ2v) is 10.2. The summed E-state index contributed by atoms with van der Waals surface area (Å²) in [5.41, 5.74) is 1.45. The first-order chi connectivity index (χ1) is 17.4. The lowest BCUT2D eigenvalue weighted by molar-refractivity contribution is -0.136. The number of amides is 3. The highest BCUT2D eigenvalue weighted by Gasteiger charge is 2.37. The number of carbonyl (C=O) groups excluding carboxylic acids is 3. The second kappa shape index (κ2) is 12.0. The van der Waals surface area contributed by atoms with Gasteiger partial charge in [0.25, 0.3) is 11.1 Å². The van der Waals surface area contributed by atoms with Gasteiger partial charge in [0, 0.05) is 28.7 Å². The molecule has 4 rings (SSSR count). The fraction of sp³-hybridized carbons (Fsp3) is 0.346. The highest BCUT2D eigenvalue weighted by atomic mass is 35.5. The largest absolute Gasteiger partial charge is 0.490 e. The lowest BCUT2D eigenvalue weighted by atomic mass is 10.1. The number of imide groups is 1. The van der Waals surface area contributed by atoms with Crippen LogP contribution in [-0.4, -0.2) is 53.1 Å². The quantitative estimate of drug-likeness (QED) is 0.375. The number of nitrogens with zero attached hydrogens (tertiary/aromatic N) is 2. The Balaban J connectivity index is 1.46. The third kappa shape index (κ3) is 6.35. The van der Waals surface area contributed by atoms with E-state index in [-0.39, 0.29) is 24.0 Å². The first-order valence-electron chi connectivity index (χ1n) is 11.7. The highest BCUT2D eigenvalue weighted by molar-refractivity contribution is 8.18. The fourth-order valence-corrected chi connectivity index (χ4v) is 5.26. The van der Waals surface area contributed by atoms with Crippen LogP contribution in [0, 0.1) is 0 Å². The minimum atomic E-state index is -0.467. The standard InChI is InChI=1S/C26H26Cl2N2O5S/c1-2-34-22-12-17(6-9-21(22)35-16-18-7-8-19(27)14-20(18)28)13-23-25(32)30(26(33)36-23)15-24(31)29-10-4-3-5-11-29/h6-9,12-14H,2-5,10-11,15-16H2,1H3/b23-13-. The number of piperidine rings is 1. The van der Waals surface area contributed by atoms with Crippen molar-refractivity contribution in [2.75, 3.05) is 26.2 Å². The molecule has 2 aromatic carbocycles. The van der Waals surface area contributed by atoms with Gasteiger partial charge in [0.2, 0.25) is 5.91 Å². The van der Waals surface area contributed by atoms with Crippen molar-refractivity contribution in [1.29, 1.82) is 0 Å². The highest BCUT2D eigenvalue weighted by Crippen LogP contribution is 2.35. The van der Waals surface area contributed by atoms with E-state index in [1.54, 1.807) is 47.4 Å². The zero-order valence-electron chi connectivity index (χ0n) is 19.8. The van der Waals surface area contributed by atoms with Gasteiger partial charge in [0.15, 0.2) is 11.5 Å². The molecule has 10 heteroatoms. The monoisotopic (exact) mass is 548 g/mol. The van der Waals surface area contributed by atoms with Crippen molar-refractivity contribution >= 4 is 58.1 Å². The Kier molecular flexibility index (Phi) is 8.82. The van der Waals surface area contributed by atoms with Crippen molar-refractivity contribution in [2.24, 2.45) is 0 Å². The van der Waals surface area contributed by atoms with Crippen LogP contribution in [0.2, 0.25) is 10.0 Å². The third-order valence-corrected chi connectivity index (χ3v) is 7.33. The van der Waals surface area contributed by atoms with E-state index >= 15 is 0 Å². The van der Waals surface area contributed by atoms with E-state index in [1.807, 2.05) is 6.92 Å². The molecule has 3 amide bonds. The Bertz CT molecular complexity index is 1200. The minimum absolute atomic E-state index is 0.195. The van der Waals surface area contributed by atoms with E-state index in [4.69, 9.17) is 32.7 Å². The Hall–Kier alpha value is -2.68. The van der Waals surface area contributed by atoms with Gasteiger partial charge in [-0.25, -0.2) is 0 Å². The molecule has 2 aliphatic rings. The molecule has 0 atom stereocenters. The van der Waals surface area contributed by atoms with Crippen molar-refractivity contribution in [2.45, 2.75) is 32.8 Å². The van der Waals surface area contributed by atoms with Crippen molar-refractivity contribution in [3.05, 3.63) is 62.5 Å². The Labute approximate surface area is 224 Å². The molecule has 0 saturated carbocycles. The molecule has 0 bridgehead atoms. The maximum absolute atomic E-state index is 12.9. The van der Waals surface area contributed by atoms with E-state index in [0.717, 1.165) is 41.5 Å². The summed E-state index contributed by atoms with van der Waals surface area (Å²) in [4.78, 5) is 41.0. The topological polar surface area (TPSA) is 76.2 Å². The summed E-state index contributed by atoms with van der Waals surface area (Å²) < 4.78 is 11.7. The smallest absolute Gasteiger partial charge is 0.294 e. The third-order valence-electron chi connectivity index (χ3n) is 5.84. The Morgan fingerprint density at radius 2 is 1.81 bits per heavy atom. The average Bonchev–Trinajstić information content (AvgIpc) is 3.12. The van der Waals surface area contributed by atoms with Gasteiger partial charge < -0.3 is 14.4 Å². The Morgan fingerprint density at radius 1 is 1.03 bits per heavy atom. The molecule has 190 valence electrons. The number of thioether (sulfide) groups is 1. The normalized spacial score (nSPS) is 17.1. The number of benzene rings is 2. The van der Waals surface area contributed by atoms with E-state index in [1.165, 1.54) is 0 Å². The fourth-order valence-electron chi connectivity index (χ4n) is 3.96. The number of carbonyl (C=O) groups is 3. The zero-order chi connectivity index (χ0) is 25.7. The summed E-state index contributed by atoms with van der Waals surface area (Å²) in [6, 6.07) is 10.5. The number of likely N-dealkylation sites (tertiary alicyclic amines) is 1. The lowest BCUT2D eigenvalue weighted by Gasteiger charge is -2.27. The summed E-state index contributed by atoms with van der Waals surface area (Å²) in [5, 5.41) is 0.608. The molecule has 2 aliphatic heterocycles. The molecular formula is C26H26Cl2N2O5S. The predicted octanol–water partition coefficient (Wildman–Crippen LogP) is 6.02. The summed E-state index contributed by atoms with van der Waals surface area (Å²) >= 11 is 13.0. The molecule has 2 saturated heterocycles. The minimum Gasteiger partial charge on any atom is -0.490 e. The number of rotatable bonds is 8. The van der Waals surface area contributed by atoms with Crippen LogP contribution in [-0.2, 0) is 16.2 Å². The van der Waals surface area contributed by atoms with Crippen molar-refractivity contribution in [3.63, 3.8) is 0 Å². The number of halogens is 2. The van der Waals surface area contributed by atoms with Gasteiger partial charge in [0.1, 0.15) is 13.2 Å². The molecule has 0 unspecified atom stereocenters. The van der Waals surface area contributed by atoms with Gasteiger partial charge >= 0.3 is 0 Å². The molecule has 36 heavy (non-hydrogen) atoms. The van der Waals surface area contributed by atoms with Crippen LogP contribution in [0.5, 0.6) is 11.5 Å². The summed E-state index contributed by atoms with van der Waals surface area (Å²) in [6.45, 7) is 3.60. The van der Waals surface area contributed by atoms with Crippen LogP contribution in [0.1, 0.15) is 37.3 Å². The van der Waals surface area contributed by atoms with Crippen LogP contribution in [0.3, 0.4) is 0 Å². The van der Waals surface area contributed by atoms with Crippen LogP contribution < -0.4 is 9.47 Å². The SMILES string of the molecule is CCOc1cc(/C=C2\SC(=O)N(CC(=O)N3CCCCC3)C2=O)ccc1OCc1ccc(Cl)cc1Cl. The second-order valence-electron chi connectivity index (χ2n) is 8.37. The van der Waals surface area contributed by atoms with Gasteiger partial charge in [-0.05, 0) is 73.9 Å². The van der Waals surface area contributed by atoms with E-state index in [9.17, 15) is 14.4 Å².